The Hall–Kier alpha value is -2.02. The van der Waals surface area contributed by atoms with Gasteiger partial charge in [-0.15, -0.1) is 0 Å². The molecule has 0 aliphatic heterocycles. The van der Waals surface area contributed by atoms with E-state index in [1.807, 2.05) is 0 Å². The van der Waals surface area contributed by atoms with Gasteiger partial charge in [0, 0.05) is 6.07 Å². The molecule has 0 atom stereocenters. The Morgan fingerprint density at radius 3 is 2.59 bits per heavy atom. The fourth-order valence-electron chi connectivity index (χ4n) is 1.05. The molecule has 0 bridgehead atoms. The molecule has 2 N–H and O–H groups in total. The van der Waals surface area contributed by atoms with Gasteiger partial charge in [0.15, 0.2) is 11.6 Å². The topological polar surface area (TPSA) is 73.9 Å². The second-order valence-corrected chi connectivity index (χ2v) is 3.26. The maximum atomic E-state index is 13.2. The summed E-state index contributed by atoms with van der Waals surface area (Å²) in [5.41, 5.74) is 5.29. The van der Waals surface area contributed by atoms with E-state index in [0.717, 1.165) is 12.1 Å². The van der Waals surface area contributed by atoms with Crippen molar-refractivity contribution in [1.82, 2.24) is 15.0 Å². The van der Waals surface area contributed by atoms with Crippen molar-refractivity contribution in [3.8, 4) is 11.8 Å². The molecule has 0 saturated heterocycles. The van der Waals surface area contributed by atoms with Crippen molar-refractivity contribution >= 4 is 17.5 Å². The van der Waals surface area contributed by atoms with E-state index >= 15 is 0 Å². The summed E-state index contributed by atoms with van der Waals surface area (Å²) in [6.45, 7) is 0. The van der Waals surface area contributed by atoms with E-state index in [4.69, 9.17) is 22.1 Å². The van der Waals surface area contributed by atoms with Gasteiger partial charge in [0.2, 0.25) is 11.2 Å². The molecule has 1 heterocycles. The maximum absolute atomic E-state index is 13.2. The molecule has 8 heteroatoms. The van der Waals surface area contributed by atoms with Crippen LogP contribution in [0.1, 0.15) is 0 Å². The highest BCUT2D eigenvalue weighted by molar-refractivity contribution is 6.28. The van der Waals surface area contributed by atoms with Crippen LogP contribution in [0.25, 0.3) is 0 Å². The number of ether oxygens (including phenoxy) is 1. The monoisotopic (exact) mass is 258 g/mol. The van der Waals surface area contributed by atoms with Crippen LogP contribution in [0.15, 0.2) is 18.2 Å². The van der Waals surface area contributed by atoms with Crippen LogP contribution in [0.2, 0.25) is 5.28 Å². The third kappa shape index (κ3) is 2.76. The summed E-state index contributed by atoms with van der Waals surface area (Å²) in [4.78, 5) is 10.7. The molecule has 1 aromatic heterocycles. The Bertz CT molecular complexity index is 546. The molecule has 2 rings (SSSR count). The minimum Gasteiger partial charge on any atom is -0.421 e. The summed E-state index contributed by atoms with van der Waals surface area (Å²) >= 11 is 5.51. The van der Waals surface area contributed by atoms with Crippen molar-refractivity contribution in [3.63, 3.8) is 0 Å². The van der Waals surface area contributed by atoms with Gasteiger partial charge in [-0.1, -0.05) is 0 Å². The molecule has 0 spiro atoms. The van der Waals surface area contributed by atoms with Crippen LogP contribution in [0.3, 0.4) is 0 Å². The Morgan fingerprint density at radius 2 is 1.94 bits per heavy atom. The van der Waals surface area contributed by atoms with Crippen molar-refractivity contribution < 1.29 is 13.5 Å². The largest absolute Gasteiger partial charge is 0.421 e. The SMILES string of the molecule is Nc1nc(Cl)nc(Oc2ccc(F)cc2F)n1. The molecule has 0 aliphatic carbocycles. The molecular formula is C9H5ClF2N4O. The molecular weight excluding hydrogens is 254 g/mol. The number of hydrogen-bond acceptors (Lipinski definition) is 5. The quantitative estimate of drug-likeness (QED) is 0.894. The van der Waals surface area contributed by atoms with Crippen molar-refractivity contribution in [3.05, 3.63) is 35.1 Å². The highest BCUT2D eigenvalue weighted by atomic mass is 35.5. The van der Waals surface area contributed by atoms with Crippen LogP contribution in [0.4, 0.5) is 14.7 Å². The van der Waals surface area contributed by atoms with Crippen LogP contribution in [-0.4, -0.2) is 15.0 Å². The standard InChI is InChI=1S/C9H5ClF2N4O/c10-7-14-8(13)16-9(15-7)17-6-2-1-4(11)3-5(6)12/h1-3H,(H2,13,14,15,16). The molecule has 0 saturated carbocycles. The number of anilines is 1. The molecule has 17 heavy (non-hydrogen) atoms. The predicted molar refractivity (Wildman–Crippen MR) is 55.7 cm³/mol. The zero-order valence-electron chi connectivity index (χ0n) is 8.19. The van der Waals surface area contributed by atoms with Gasteiger partial charge in [-0.2, -0.15) is 15.0 Å². The summed E-state index contributed by atoms with van der Waals surface area (Å²) in [5.74, 6) is -2.02. The van der Waals surface area contributed by atoms with Crippen molar-refractivity contribution in [2.24, 2.45) is 0 Å². The highest BCUT2D eigenvalue weighted by Gasteiger charge is 2.09. The highest BCUT2D eigenvalue weighted by Crippen LogP contribution is 2.23. The Morgan fingerprint density at radius 1 is 1.18 bits per heavy atom. The lowest BCUT2D eigenvalue weighted by Gasteiger charge is -2.05. The van der Waals surface area contributed by atoms with E-state index < -0.39 is 11.6 Å². The van der Waals surface area contributed by atoms with E-state index in [9.17, 15) is 8.78 Å². The average Bonchev–Trinajstić information content (AvgIpc) is 2.21. The number of nitrogen functional groups attached to an aromatic ring is 1. The molecule has 0 aliphatic rings. The number of hydrogen-bond donors (Lipinski definition) is 1. The van der Waals surface area contributed by atoms with E-state index in [0.29, 0.717) is 6.07 Å². The maximum Gasteiger partial charge on any atom is 0.328 e. The second kappa shape index (κ2) is 4.46. The lowest BCUT2D eigenvalue weighted by molar-refractivity contribution is 0.407. The van der Waals surface area contributed by atoms with Crippen LogP contribution < -0.4 is 10.5 Å². The molecule has 0 radical (unpaired) electrons. The molecule has 0 fully saturated rings. The third-order valence-corrected chi connectivity index (χ3v) is 1.87. The van der Waals surface area contributed by atoms with E-state index in [1.165, 1.54) is 0 Å². The van der Waals surface area contributed by atoms with Gasteiger partial charge in [-0.3, -0.25) is 0 Å². The normalized spacial score (nSPS) is 10.3. The molecule has 2 aromatic rings. The zero-order valence-corrected chi connectivity index (χ0v) is 8.95. The van der Waals surface area contributed by atoms with Gasteiger partial charge < -0.3 is 10.5 Å². The lowest BCUT2D eigenvalue weighted by Crippen LogP contribution is -2.01. The number of nitrogens with zero attached hydrogens (tertiary/aromatic N) is 3. The first kappa shape index (κ1) is 11.5. The summed E-state index contributed by atoms with van der Waals surface area (Å²) in [6.07, 6.45) is 0. The minimum absolute atomic E-state index is 0.164. The summed E-state index contributed by atoms with van der Waals surface area (Å²) in [7, 11) is 0. The van der Waals surface area contributed by atoms with E-state index in [-0.39, 0.29) is 23.0 Å². The zero-order chi connectivity index (χ0) is 12.4. The van der Waals surface area contributed by atoms with E-state index in [2.05, 4.69) is 15.0 Å². The molecule has 0 unspecified atom stereocenters. The molecule has 88 valence electrons. The fourth-order valence-corrected chi connectivity index (χ4v) is 1.21. The number of aromatic nitrogens is 3. The molecule has 0 amide bonds. The first-order valence-corrected chi connectivity index (χ1v) is 4.72. The van der Waals surface area contributed by atoms with Crippen LogP contribution in [-0.2, 0) is 0 Å². The Kier molecular flexibility index (Phi) is 3.01. The van der Waals surface area contributed by atoms with Crippen molar-refractivity contribution in [2.45, 2.75) is 0 Å². The third-order valence-electron chi connectivity index (χ3n) is 1.70. The summed E-state index contributed by atoms with van der Waals surface area (Å²) in [5, 5.41) is -0.185. The number of halogens is 3. The van der Waals surface area contributed by atoms with Crippen molar-refractivity contribution in [2.75, 3.05) is 5.73 Å². The van der Waals surface area contributed by atoms with Crippen LogP contribution >= 0.6 is 11.6 Å². The minimum atomic E-state index is -0.889. The Labute approximate surface area is 99.2 Å². The molecule has 5 nitrogen and oxygen atoms in total. The average molecular weight is 259 g/mol. The Balaban J connectivity index is 2.31. The van der Waals surface area contributed by atoms with Gasteiger partial charge in [0.1, 0.15) is 5.82 Å². The van der Waals surface area contributed by atoms with Gasteiger partial charge in [-0.05, 0) is 23.7 Å². The number of benzene rings is 1. The number of rotatable bonds is 2. The van der Waals surface area contributed by atoms with Crippen molar-refractivity contribution in [1.29, 1.82) is 0 Å². The summed E-state index contributed by atoms with van der Waals surface area (Å²) < 4.78 is 30.8. The first-order valence-electron chi connectivity index (χ1n) is 4.34. The molecule has 1 aromatic carbocycles. The lowest BCUT2D eigenvalue weighted by atomic mass is 10.3. The van der Waals surface area contributed by atoms with Crippen LogP contribution in [0.5, 0.6) is 11.8 Å². The predicted octanol–water partition coefficient (Wildman–Crippen LogP) is 2.18. The van der Waals surface area contributed by atoms with Crippen LogP contribution in [0, 0.1) is 11.6 Å². The van der Waals surface area contributed by atoms with Gasteiger partial charge in [0.25, 0.3) is 0 Å². The smallest absolute Gasteiger partial charge is 0.328 e. The number of nitrogens with two attached hydrogens (primary N) is 1. The van der Waals surface area contributed by atoms with Gasteiger partial charge in [0.05, 0.1) is 0 Å². The second-order valence-electron chi connectivity index (χ2n) is 2.92. The van der Waals surface area contributed by atoms with E-state index in [1.54, 1.807) is 0 Å². The van der Waals surface area contributed by atoms with Gasteiger partial charge >= 0.3 is 6.01 Å². The first-order chi connectivity index (χ1) is 8.04. The fraction of sp³-hybridized carbons (Fsp3) is 0. The summed E-state index contributed by atoms with van der Waals surface area (Å²) in [6, 6.07) is 2.53. The van der Waals surface area contributed by atoms with Gasteiger partial charge in [-0.25, -0.2) is 8.78 Å².